The molecule has 0 amide bonds. The van der Waals surface area contributed by atoms with Crippen molar-refractivity contribution in [3.63, 3.8) is 0 Å². The molecule has 0 unspecified atom stereocenters. The molecule has 0 spiro atoms. The molecule has 0 aliphatic carbocycles. The Morgan fingerprint density at radius 3 is 1.17 bits per heavy atom. The first-order valence-electron chi connectivity index (χ1n) is 8.00. The van der Waals surface area contributed by atoms with Gasteiger partial charge < -0.3 is 9.47 Å². The molecule has 0 heterocycles. The van der Waals surface area contributed by atoms with Crippen LogP contribution in [0.5, 0.6) is 11.5 Å². The standard InChI is InChI=1S/C20H22O4/c1-13(2)19(21)23-17-9-5-15(6-10-17)16-7-11-18(12-8-16)24-20(22)14(3)4/h5-14H,1-4H3. The lowest BCUT2D eigenvalue weighted by atomic mass is 10.1. The lowest BCUT2D eigenvalue weighted by Crippen LogP contribution is -2.14. The average Bonchev–Trinajstić information content (AvgIpc) is 2.56. The molecule has 2 aromatic rings. The van der Waals surface area contributed by atoms with Crippen LogP contribution in [-0.2, 0) is 9.59 Å². The van der Waals surface area contributed by atoms with Crippen LogP contribution in [-0.4, -0.2) is 11.9 Å². The second kappa shape index (κ2) is 7.77. The maximum atomic E-state index is 11.6. The summed E-state index contributed by atoms with van der Waals surface area (Å²) in [6, 6.07) is 14.6. The van der Waals surface area contributed by atoms with Gasteiger partial charge in [0.1, 0.15) is 11.5 Å². The number of rotatable bonds is 5. The first-order valence-corrected chi connectivity index (χ1v) is 8.00. The zero-order valence-corrected chi connectivity index (χ0v) is 14.4. The molecule has 0 saturated carbocycles. The van der Waals surface area contributed by atoms with Crippen LogP contribution in [0.3, 0.4) is 0 Å². The summed E-state index contributed by atoms with van der Waals surface area (Å²) in [6.45, 7) is 7.18. The highest BCUT2D eigenvalue weighted by atomic mass is 16.5. The topological polar surface area (TPSA) is 52.6 Å². The summed E-state index contributed by atoms with van der Waals surface area (Å²) in [5.74, 6) is 0.231. The summed E-state index contributed by atoms with van der Waals surface area (Å²) in [4.78, 5) is 23.2. The van der Waals surface area contributed by atoms with E-state index in [1.165, 1.54) is 0 Å². The Balaban J connectivity index is 2.06. The number of carbonyl (C=O) groups is 2. The minimum Gasteiger partial charge on any atom is -0.426 e. The first-order chi connectivity index (χ1) is 11.4. The van der Waals surface area contributed by atoms with E-state index in [1.807, 2.05) is 24.3 Å². The van der Waals surface area contributed by atoms with Crippen molar-refractivity contribution in [3.8, 4) is 22.6 Å². The molecular formula is C20H22O4. The van der Waals surface area contributed by atoms with E-state index in [0.717, 1.165) is 11.1 Å². The van der Waals surface area contributed by atoms with E-state index < -0.39 is 0 Å². The SMILES string of the molecule is CC(C)C(=O)Oc1ccc(-c2ccc(OC(=O)C(C)C)cc2)cc1. The van der Waals surface area contributed by atoms with Crippen LogP contribution in [0, 0.1) is 11.8 Å². The van der Waals surface area contributed by atoms with Crippen molar-refractivity contribution >= 4 is 11.9 Å². The van der Waals surface area contributed by atoms with E-state index in [1.54, 1.807) is 52.0 Å². The Morgan fingerprint density at radius 2 is 0.917 bits per heavy atom. The second-order valence-electron chi connectivity index (χ2n) is 6.20. The quantitative estimate of drug-likeness (QED) is 0.600. The molecule has 2 rings (SSSR count). The van der Waals surface area contributed by atoms with Crippen LogP contribution in [0.25, 0.3) is 11.1 Å². The largest absolute Gasteiger partial charge is 0.426 e. The molecule has 2 aromatic carbocycles. The summed E-state index contributed by atoms with van der Waals surface area (Å²) >= 11 is 0. The number of benzene rings is 2. The summed E-state index contributed by atoms with van der Waals surface area (Å²) in [5, 5.41) is 0. The van der Waals surface area contributed by atoms with Crippen LogP contribution in [0.1, 0.15) is 27.7 Å². The highest BCUT2D eigenvalue weighted by Crippen LogP contribution is 2.25. The first kappa shape index (κ1) is 17.7. The summed E-state index contributed by atoms with van der Waals surface area (Å²) < 4.78 is 10.5. The molecule has 0 aliphatic heterocycles. The number of hydrogen-bond donors (Lipinski definition) is 0. The predicted molar refractivity (Wildman–Crippen MR) is 92.8 cm³/mol. The minimum absolute atomic E-state index is 0.161. The Kier molecular flexibility index (Phi) is 5.74. The van der Waals surface area contributed by atoms with Crippen molar-refractivity contribution in [2.45, 2.75) is 27.7 Å². The van der Waals surface area contributed by atoms with Gasteiger partial charge in [-0.2, -0.15) is 0 Å². The molecule has 4 nitrogen and oxygen atoms in total. The molecule has 4 heteroatoms. The maximum absolute atomic E-state index is 11.6. The van der Waals surface area contributed by atoms with Gasteiger partial charge >= 0.3 is 11.9 Å². The summed E-state index contributed by atoms with van der Waals surface area (Å²) in [5.41, 5.74) is 1.97. The van der Waals surface area contributed by atoms with Crippen molar-refractivity contribution in [1.82, 2.24) is 0 Å². The smallest absolute Gasteiger partial charge is 0.313 e. The summed E-state index contributed by atoms with van der Waals surface area (Å²) in [6.07, 6.45) is 0. The van der Waals surface area contributed by atoms with E-state index in [2.05, 4.69) is 0 Å². The van der Waals surface area contributed by atoms with Crippen LogP contribution < -0.4 is 9.47 Å². The van der Waals surface area contributed by atoms with Crippen molar-refractivity contribution < 1.29 is 19.1 Å². The lowest BCUT2D eigenvalue weighted by Gasteiger charge is -2.09. The molecule has 0 radical (unpaired) electrons. The van der Waals surface area contributed by atoms with E-state index >= 15 is 0 Å². The number of carbonyl (C=O) groups excluding carboxylic acids is 2. The molecule has 0 saturated heterocycles. The third kappa shape index (κ3) is 4.69. The monoisotopic (exact) mass is 326 g/mol. The van der Waals surface area contributed by atoms with Crippen molar-refractivity contribution in [2.24, 2.45) is 11.8 Å². The van der Waals surface area contributed by atoms with E-state index in [9.17, 15) is 9.59 Å². The average molecular weight is 326 g/mol. The number of ether oxygens (including phenoxy) is 2. The van der Waals surface area contributed by atoms with Crippen molar-refractivity contribution in [2.75, 3.05) is 0 Å². The molecule has 0 atom stereocenters. The van der Waals surface area contributed by atoms with Crippen molar-refractivity contribution in [3.05, 3.63) is 48.5 Å². The fourth-order valence-electron chi connectivity index (χ4n) is 1.90. The van der Waals surface area contributed by atoms with Gasteiger partial charge in [-0.05, 0) is 35.4 Å². The Hall–Kier alpha value is -2.62. The van der Waals surface area contributed by atoms with Gasteiger partial charge in [0.05, 0.1) is 11.8 Å². The molecule has 0 fully saturated rings. The van der Waals surface area contributed by atoms with Crippen LogP contribution in [0.2, 0.25) is 0 Å². The Morgan fingerprint density at radius 1 is 0.625 bits per heavy atom. The molecule has 126 valence electrons. The molecule has 24 heavy (non-hydrogen) atoms. The molecule has 0 N–H and O–H groups in total. The van der Waals surface area contributed by atoms with E-state index in [-0.39, 0.29) is 23.8 Å². The zero-order valence-electron chi connectivity index (χ0n) is 14.4. The lowest BCUT2D eigenvalue weighted by molar-refractivity contribution is -0.138. The van der Waals surface area contributed by atoms with Crippen LogP contribution in [0.4, 0.5) is 0 Å². The highest BCUT2D eigenvalue weighted by Gasteiger charge is 2.11. The highest BCUT2D eigenvalue weighted by molar-refractivity contribution is 5.75. The fraction of sp³-hybridized carbons (Fsp3) is 0.300. The minimum atomic E-state index is -0.251. The molecule has 0 aliphatic rings. The second-order valence-corrected chi connectivity index (χ2v) is 6.20. The van der Waals surface area contributed by atoms with E-state index in [4.69, 9.17) is 9.47 Å². The summed E-state index contributed by atoms with van der Waals surface area (Å²) in [7, 11) is 0. The maximum Gasteiger partial charge on any atom is 0.313 e. The van der Waals surface area contributed by atoms with Gasteiger partial charge in [0.25, 0.3) is 0 Å². The molecule has 0 aromatic heterocycles. The normalized spacial score (nSPS) is 10.8. The molecular weight excluding hydrogens is 304 g/mol. The van der Waals surface area contributed by atoms with Gasteiger partial charge in [0.15, 0.2) is 0 Å². The van der Waals surface area contributed by atoms with E-state index in [0.29, 0.717) is 11.5 Å². The van der Waals surface area contributed by atoms with Gasteiger partial charge in [-0.3, -0.25) is 9.59 Å². The van der Waals surface area contributed by atoms with Gasteiger partial charge in [-0.1, -0.05) is 52.0 Å². The van der Waals surface area contributed by atoms with Gasteiger partial charge in [0.2, 0.25) is 0 Å². The van der Waals surface area contributed by atoms with Crippen molar-refractivity contribution in [1.29, 1.82) is 0 Å². The van der Waals surface area contributed by atoms with Gasteiger partial charge in [-0.25, -0.2) is 0 Å². The Bertz CT molecular complexity index is 634. The van der Waals surface area contributed by atoms with Gasteiger partial charge in [0, 0.05) is 0 Å². The number of hydrogen-bond acceptors (Lipinski definition) is 4. The third-order valence-electron chi connectivity index (χ3n) is 3.42. The fourth-order valence-corrected chi connectivity index (χ4v) is 1.90. The third-order valence-corrected chi connectivity index (χ3v) is 3.42. The number of esters is 2. The van der Waals surface area contributed by atoms with Crippen LogP contribution in [0.15, 0.2) is 48.5 Å². The molecule has 0 bridgehead atoms. The zero-order chi connectivity index (χ0) is 17.7. The van der Waals surface area contributed by atoms with Gasteiger partial charge in [-0.15, -0.1) is 0 Å². The predicted octanol–water partition coefficient (Wildman–Crippen LogP) is 4.48. The Labute approximate surface area is 142 Å². The van der Waals surface area contributed by atoms with Crippen LogP contribution >= 0.6 is 0 Å².